The van der Waals surface area contributed by atoms with Gasteiger partial charge < -0.3 is 4.57 Å². The van der Waals surface area contributed by atoms with Crippen molar-refractivity contribution in [2.24, 2.45) is 0 Å². The molecule has 0 radical (unpaired) electrons. The fraction of sp³-hybridized carbons (Fsp3) is 0.833. The summed E-state index contributed by atoms with van der Waals surface area (Å²) in [7, 11) is 0. The van der Waals surface area contributed by atoms with E-state index in [1.54, 1.807) is 0 Å². The largest absolute Gasteiger partial charge is 0.309 e. The Morgan fingerprint density at radius 3 is 2.25 bits per heavy atom. The van der Waals surface area contributed by atoms with Crippen LogP contribution in [0, 0.1) is 0 Å². The molecule has 4 heteroatoms. The molecule has 0 atom stereocenters. The predicted molar refractivity (Wildman–Crippen MR) is 67.8 cm³/mol. The molecule has 0 saturated carbocycles. The van der Waals surface area contributed by atoms with E-state index in [-0.39, 0.29) is 5.54 Å². The standard InChI is InChI=1S/C12H22ClN3/c1-5-6-7-8-10-14-15-11(9-13)16(10)12(2,3)4/h5-9H2,1-4H3. The first-order valence-electron chi connectivity index (χ1n) is 6.00. The van der Waals surface area contributed by atoms with Gasteiger partial charge in [0.25, 0.3) is 0 Å². The minimum Gasteiger partial charge on any atom is -0.309 e. The van der Waals surface area contributed by atoms with Gasteiger partial charge in [-0.15, -0.1) is 21.8 Å². The highest BCUT2D eigenvalue weighted by atomic mass is 35.5. The first-order chi connectivity index (χ1) is 7.50. The molecule has 0 fully saturated rings. The van der Waals surface area contributed by atoms with Crippen molar-refractivity contribution >= 4 is 11.6 Å². The molecule has 1 aromatic rings. The molecule has 0 aliphatic carbocycles. The molecule has 0 N–H and O–H groups in total. The third-order valence-corrected chi connectivity index (χ3v) is 2.83. The summed E-state index contributed by atoms with van der Waals surface area (Å²) in [5, 5.41) is 8.41. The fourth-order valence-electron chi connectivity index (χ4n) is 1.91. The maximum absolute atomic E-state index is 5.89. The highest BCUT2D eigenvalue weighted by Gasteiger charge is 2.21. The molecule has 1 aromatic heterocycles. The van der Waals surface area contributed by atoms with Crippen molar-refractivity contribution in [1.82, 2.24) is 14.8 Å². The van der Waals surface area contributed by atoms with Gasteiger partial charge in [0.1, 0.15) is 11.6 Å². The molecule has 1 rings (SSSR count). The zero-order valence-electron chi connectivity index (χ0n) is 10.8. The van der Waals surface area contributed by atoms with Crippen LogP contribution in [0.1, 0.15) is 58.6 Å². The molecule has 0 spiro atoms. The lowest BCUT2D eigenvalue weighted by atomic mass is 10.1. The summed E-state index contributed by atoms with van der Waals surface area (Å²) >= 11 is 5.89. The van der Waals surface area contributed by atoms with Gasteiger partial charge in [0.2, 0.25) is 0 Å². The highest BCUT2D eigenvalue weighted by molar-refractivity contribution is 6.16. The number of aromatic nitrogens is 3. The summed E-state index contributed by atoms with van der Waals surface area (Å²) in [4.78, 5) is 0. The van der Waals surface area contributed by atoms with Crippen molar-refractivity contribution < 1.29 is 0 Å². The number of halogens is 1. The third-order valence-electron chi connectivity index (χ3n) is 2.59. The van der Waals surface area contributed by atoms with E-state index in [1.165, 1.54) is 19.3 Å². The third kappa shape index (κ3) is 3.21. The number of hydrogen-bond acceptors (Lipinski definition) is 2. The van der Waals surface area contributed by atoms with Crippen LogP contribution in [0.4, 0.5) is 0 Å². The van der Waals surface area contributed by atoms with Crippen molar-refractivity contribution in [3.8, 4) is 0 Å². The van der Waals surface area contributed by atoms with Gasteiger partial charge in [0.15, 0.2) is 0 Å². The molecular weight excluding hydrogens is 222 g/mol. The van der Waals surface area contributed by atoms with Crippen LogP contribution in [0.5, 0.6) is 0 Å². The quantitative estimate of drug-likeness (QED) is 0.585. The van der Waals surface area contributed by atoms with E-state index in [9.17, 15) is 0 Å². The van der Waals surface area contributed by atoms with E-state index < -0.39 is 0 Å². The lowest BCUT2D eigenvalue weighted by Crippen LogP contribution is -2.26. The maximum Gasteiger partial charge on any atom is 0.148 e. The normalized spacial score (nSPS) is 12.1. The van der Waals surface area contributed by atoms with E-state index in [0.29, 0.717) is 5.88 Å². The summed E-state index contributed by atoms with van der Waals surface area (Å²) in [6, 6.07) is 0. The molecule has 0 amide bonds. The number of aryl methyl sites for hydroxylation is 1. The molecule has 0 saturated heterocycles. The van der Waals surface area contributed by atoms with Crippen LogP contribution in [0.3, 0.4) is 0 Å². The van der Waals surface area contributed by atoms with E-state index in [2.05, 4.69) is 42.5 Å². The fourth-order valence-corrected chi connectivity index (χ4v) is 2.08. The van der Waals surface area contributed by atoms with E-state index >= 15 is 0 Å². The summed E-state index contributed by atoms with van der Waals surface area (Å²) in [5.74, 6) is 2.37. The minimum atomic E-state index is 0.00920. The Balaban J connectivity index is 2.88. The first-order valence-corrected chi connectivity index (χ1v) is 6.53. The van der Waals surface area contributed by atoms with Gasteiger partial charge in [0.05, 0.1) is 5.88 Å². The minimum absolute atomic E-state index is 0.00920. The molecule has 0 unspecified atom stereocenters. The van der Waals surface area contributed by atoms with Crippen LogP contribution in [-0.2, 0) is 17.8 Å². The van der Waals surface area contributed by atoms with Gasteiger partial charge in [0, 0.05) is 12.0 Å². The van der Waals surface area contributed by atoms with Crippen molar-refractivity contribution in [3.05, 3.63) is 11.6 Å². The number of rotatable bonds is 5. The average Bonchev–Trinajstić information content (AvgIpc) is 2.61. The monoisotopic (exact) mass is 243 g/mol. The van der Waals surface area contributed by atoms with Gasteiger partial charge in [-0.2, -0.15) is 0 Å². The van der Waals surface area contributed by atoms with Crippen molar-refractivity contribution in [3.63, 3.8) is 0 Å². The van der Waals surface area contributed by atoms with Crippen LogP contribution in [0.2, 0.25) is 0 Å². The van der Waals surface area contributed by atoms with Crippen molar-refractivity contribution in [2.45, 2.75) is 64.8 Å². The number of unbranched alkanes of at least 4 members (excludes halogenated alkanes) is 2. The van der Waals surface area contributed by atoms with Crippen LogP contribution in [0.15, 0.2) is 0 Å². The molecule has 0 aromatic carbocycles. The average molecular weight is 244 g/mol. The molecule has 3 nitrogen and oxygen atoms in total. The maximum atomic E-state index is 5.89. The Morgan fingerprint density at radius 1 is 1.12 bits per heavy atom. The Morgan fingerprint density at radius 2 is 1.75 bits per heavy atom. The molecule has 0 bridgehead atoms. The lowest BCUT2D eigenvalue weighted by Gasteiger charge is -2.24. The Kier molecular flexibility index (Phi) is 4.78. The number of nitrogens with zero attached hydrogens (tertiary/aromatic N) is 3. The van der Waals surface area contributed by atoms with Crippen molar-refractivity contribution in [2.75, 3.05) is 0 Å². The second-order valence-corrected chi connectivity index (χ2v) is 5.40. The molecular formula is C12H22ClN3. The zero-order valence-corrected chi connectivity index (χ0v) is 11.5. The van der Waals surface area contributed by atoms with Gasteiger partial charge in [-0.05, 0) is 27.2 Å². The Labute approximate surface area is 103 Å². The second-order valence-electron chi connectivity index (χ2n) is 5.13. The second kappa shape index (κ2) is 5.67. The summed E-state index contributed by atoms with van der Waals surface area (Å²) in [5.41, 5.74) is 0.00920. The van der Waals surface area contributed by atoms with E-state index in [4.69, 9.17) is 11.6 Å². The zero-order chi connectivity index (χ0) is 12.2. The smallest absolute Gasteiger partial charge is 0.148 e. The summed E-state index contributed by atoms with van der Waals surface area (Å²) < 4.78 is 2.18. The SMILES string of the molecule is CCCCCc1nnc(CCl)n1C(C)(C)C. The molecule has 0 aliphatic heterocycles. The first kappa shape index (κ1) is 13.5. The van der Waals surface area contributed by atoms with Gasteiger partial charge in [-0.1, -0.05) is 19.8 Å². The van der Waals surface area contributed by atoms with Gasteiger partial charge >= 0.3 is 0 Å². The highest BCUT2D eigenvalue weighted by Crippen LogP contribution is 2.20. The number of hydrogen-bond donors (Lipinski definition) is 0. The van der Waals surface area contributed by atoms with Crippen molar-refractivity contribution in [1.29, 1.82) is 0 Å². The van der Waals surface area contributed by atoms with Crippen LogP contribution in [-0.4, -0.2) is 14.8 Å². The number of alkyl halides is 1. The molecule has 0 aliphatic rings. The summed E-state index contributed by atoms with van der Waals surface area (Å²) in [6.45, 7) is 8.69. The van der Waals surface area contributed by atoms with Gasteiger partial charge in [-0.25, -0.2) is 0 Å². The van der Waals surface area contributed by atoms with Crippen LogP contribution < -0.4 is 0 Å². The topological polar surface area (TPSA) is 30.7 Å². The van der Waals surface area contributed by atoms with Gasteiger partial charge in [-0.3, -0.25) is 0 Å². The molecule has 92 valence electrons. The van der Waals surface area contributed by atoms with E-state index in [0.717, 1.165) is 18.1 Å². The Bertz CT molecular complexity index is 325. The molecule has 16 heavy (non-hydrogen) atoms. The molecule has 1 heterocycles. The van der Waals surface area contributed by atoms with Crippen LogP contribution >= 0.6 is 11.6 Å². The Hall–Kier alpha value is -0.570. The van der Waals surface area contributed by atoms with Crippen LogP contribution in [0.25, 0.3) is 0 Å². The van der Waals surface area contributed by atoms with E-state index in [1.807, 2.05) is 0 Å². The summed E-state index contributed by atoms with van der Waals surface area (Å²) in [6.07, 6.45) is 4.64. The predicted octanol–water partition coefficient (Wildman–Crippen LogP) is 3.50. The lowest BCUT2D eigenvalue weighted by molar-refractivity contribution is 0.371.